The molecule has 1 aromatic carbocycles. The van der Waals surface area contributed by atoms with Crippen molar-refractivity contribution < 1.29 is 14.4 Å². The first-order valence-corrected chi connectivity index (χ1v) is 12.9. The van der Waals surface area contributed by atoms with Crippen LogP contribution in [0.3, 0.4) is 0 Å². The molecule has 2 N–H and O–H groups in total. The smallest absolute Gasteiger partial charge is 0.268 e. The summed E-state index contributed by atoms with van der Waals surface area (Å²) in [5.41, 5.74) is 2.59. The number of fused-ring (bicyclic) bond motifs is 1. The molecule has 1 aromatic heterocycles. The Balaban J connectivity index is 1.28. The second-order valence-electron chi connectivity index (χ2n) is 10.5. The average molecular weight is 464 g/mol. The molecule has 0 saturated heterocycles. The highest BCUT2D eigenvalue weighted by atomic mass is 16.7. The first-order chi connectivity index (χ1) is 16.5. The Morgan fingerprint density at radius 2 is 1.82 bits per heavy atom. The summed E-state index contributed by atoms with van der Waals surface area (Å²) in [6, 6.07) is 7.17. The molecule has 0 radical (unpaired) electrons. The molecule has 3 fully saturated rings. The van der Waals surface area contributed by atoms with Crippen molar-refractivity contribution >= 4 is 28.4 Å². The molecule has 3 aliphatic carbocycles. The quantitative estimate of drug-likeness (QED) is 0.626. The van der Waals surface area contributed by atoms with Gasteiger partial charge in [0, 0.05) is 29.5 Å². The van der Waals surface area contributed by atoms with E-state index in [-0.39, 0.29) is 36.7 Å². The molecule has 8 nitrogen and oxygen atoms in total. The fraction of sp³-hybridized carbons (Fsp3) is 0.615. The fourth-order valence-electron chi connectivity index (χ4n) is 5.31. The van der Waals surface area contributed by atoms with Gasteiger partial charge < -0.3 is 15.5 Å². The molecule has 6 rings (SSSR count). The van der Waals surface area contributed by atoms with E-state index in [0.29, 0.717) is 11.8 Å². The van der Waals surface area contributed by atoms with Crippen LogP contribution in [0.15, 0.2) is 23.4 Å². The number of carbonyl (C=O) groups excluding carboxylic acids is 2. The van der Waals surface area contributed by atoms with E-state index in [1.807, 2.05) is 6.07 Å². The lowest BCUT2D eigenvalue weighted by Gasteiger charge is -2.25. The molecule has 3 saturated carbocycles. The zero-order chi connectivity index (χ0) is 23.3. The van der Waals surface area contributed by atoms with Crippen molar-refractivity contribution in [2.75, 3.05) is 0 Å². The van der Waals surface area contributed by atoms with Crippen LogP contribution in [0.2, 0.25) is 0 Å². The molecule has 34 heavy (non-hydrogen) atoms. The zero-order valence-electron chi connectivity index (χ0n) is 19.8. The average Bonchev–Trinajstić information content (AvgIpc) is 3.66. The minimum Gasteiger partial charge on any atom is -0.378 e. The Labute approximate surface area is 199 Å². The van der Waals surface area contributed by atoms with Gasteiger partial charge in [-0.05, 0) is 51.0 Å². The van der Waals surface area contributed by atoms with Crippen LogP contribution in [0.25, 0.3) is 10.9 Å². The number of nitrogens with zero attached hydrogens (tertiary/aromatic N) is 3. The first-order valence-electron chi connectivity index (χ1n) is 12.9. The fourth-order valence-corrected chi connectivity index (χ4v) is 5.31. The van der Waals surface area contributed by atoms with E-state index in [1.165, 1.54) is 18.2 Å². The van der Waals surface area contributed by atoms with Gasteiger partial charge in [0.1, 0.15) is 0 Å². The molecule has 8 heteroatoms. The number of oxime groups is 1. The van der Waals surface area contributed by atoms with Crippen molar-refractivity contribution in [3.05, 3.63) is 29.5 Å². The van der Waals surface area contributed by atoms with Crippen molar-refractivity contribution in [2.24, 2.45) is 5.16 Å². The minimum atomic E-state index is -1.29. The third-order valence-corrected chi connectivity index (χ3v) is 7.62. The van der Waals surface area contributed by atoms with Crippen LogP contribution in [0.5, 0.6) is 0 Å². The van der Waals surface area contributed by atoms with Crippen molar-refractivity contribution in [2.45, 2.75) is 101 Å². The van der Waals surface area contributed by atoms with E-state index in [0.717, 1.165) is 61.7 Å². The second kappa shape index (κ2) is 8.40. The Hall–Kier alpha value is -2.90. The molecule has 0 spiro atoms. The Kier molecular flexibility index (Phi) is 5.34. The predicted octanol–water partition coefficient (Wildman–Crippen LogP) is 3.52. The molecule has 1 atom stereocenters. The highest BCUT2D eigenvalue weighted by Crippen LogP contribution is 2.36. The standard InChI is InChI=1S/C26H33N5O3/c1-2-21-20-12-7-16(13-23(20)31(29-21)19-5-3-4-6-19)22-14-26(34-30-22,25(33)28-18-10-11-18)15-24(32)27-17-8-9-17/h7,12-13,17-19H,2-6,8-11,14-15H2,1H3,(H,27,32)(H,28,33). The topological polar surface area (TPSA) is 97.6 Å². The molecule has 1 aliphatic heterocycles. The zero-order valence-corrected chi connectivity index (χ0v) is 19.8. The molecule has 180 valence electrons. The molecule has 4 aliphatic rings. The predicted molar refractivity (Wildman–Crippen MR) is 129 cm³/mol. The summed E-state index contributed by atoms with van der Waals surface area (Å²) < 4.78 is 2.21. The Bertz CT molecular complexity index is 1160. The van der Waals surface area contributed by atoms with E-state index in [2.05, 4.69) is 39.5 Å². The Morgan fingerprint density at radius 1 is 1.09 bits per heavy atom. The van der Waals surface area contributed by atoms with Gasteiger partial charge in [0.25, 0.3) is 5.91 Å². The van der Waals surface area contributed by atoms with Gasteiger partial charge in [0.2, 0.25) is 11.5 Å². The largest absolute Gasteiger partial charge is 0.378 e. The number of aryl methyl sites for hydroxylation is 1. The highest BCUT2D eigenvalue weighted by Gasteiger charge is 2.50. The number of hydrogen-bond donors (Lipinski definition) is 2. The summed E-state index contributed by atoms with van der Waals surface area (Å²) >= 11 is 0. The maximum atomic E-state index is 13.2. The third-order valence-electron chi connectivity index (χ3n) is 7.62. The van der Waals surface area contributed by atoms with E-state index < -0.39 is 5.60 Å². The van der Waals surface area contributed by atoms with Gasteiger partial charge in [0.05, 0.1) is 29.4 Å². The minimum absolute atomic E-state index is 0.0166. The number of benzene rings is 1. The number of carbonyl (C=O) groups is 2. The van der Waals surface area contributed by atoms with E-state index in [1.54, 1.807) is 0 Å². The van der Waals surface area contributed by atoms with Crippen LogP contribution in [0, 0.1) is 0 Å². The van der Waals surface area contributed by atoms with Crippen LogP contribution < -0.4 is 10.6 Å². The van der Waals surface area contributed by atoms with Gasteiger partial charge in [-0.25, -0.2) is 0 Å². The van der Waals surface area contributed by atoms with E-state index in [4.69, 9.17) is 9.94 Å². The molecule has 2 heterocycles. The lowest BCUT2D eigenvalue weighted by atomic mass is 9.89. The SMILES string of the molecule is CCc1nn(C2CCCC2)c2cc(C3=NOC(CC(=O)NC4CC4)(C(=O)NC4CC4)C3)ccc12. The Morgan fingerprint density at radius 3 is 2.53 bits per heavy atom. The highest BCUT2D eigenvalue weighted by molar-refractivity contribution is 6.08. The number of nitrogens with one attached hydrogen (secondary N) is 2. The molecular formula is C26H33N5O3. The summed E-state index contributed by atoms with van der Waals surface area (Å²) in [6.45, 7) is 2.14. The molecule has 0 bridgehead atoms. The summed E-state index contributed by atoms with van der Waals surface area (Å²) in [7, 11) is 0. The lowest BCUT2D eigenvalue weighted by molar-refractivity contribution is -0.149. The lowest BCUT2D eigenvalue weighted by Crippen LogP contribution is -2.50. The molecular weight excluding hydrogens is 430 g/mol. The van der Waals surface area contributed by atoms with E-state index >= 15 is 0 Å². The number of amides is 2. The summed E-state index contributed by atoms with van der Waals surface area (Å²) in [5.74, 6) is -0.378. The van der Waals surface area contributed by atoms with Crippen molar-refractivity contribution in [1.82, 2.24) is 20.4 Å². The van der Waals surface area contributed by atoms with Crippen molar-refractivity contribution in [1.29, 1.82) is 0 Å². The third kappa shape index (κ3) is 4.07. The molecule has 2 aromatic rings. The number of hydrogen-bond acceptors (Lipinski definition) is 5. The van der Waals surface area contributed by atoms with Crippen molar-refractivity contribution in [3.63, 3.8) is 0 Å². The van der Waals surface area contributed by atoms with Gasteiger partial charge in [-0.1, -0.05) is 37.1 Å². The van der Waals surface area contributed by atoms with Crippen LogP contribution in [-0.2, 0) is 20.8 Å². The van der Waals surface area contributed by atoms with Gasteiger partial charge in [-0.15, -0.1) is 0 Å². The maximum absolute atomic E-state index is 13.2. The monoisotopic (exact) mass is 463 g/mol. The summed E-state index contributed by atoms with van der Waals surface area (Å²) in [6.07, 6.45) is 9.93. The van der Waals surface area contributed by atoms with Gasteiger partial charge in [-0.3, -0.25) is 14.3 Å². The first kappa shape index (κ1) is 21.6. The van der Waals surface area contributed by atoms with Crippen LogP contribution in [0.1, 0.15) is 88.4 Å². The van der Waals surface area contributed by atoms with Crippen LogP contribution in [0.4, 0.5) is 0 Å². The van der Waals surface area contributed by atoms with Crippen molar-refractivity contribution in [3.8, 4) is 0 Å². The number of rotatable bonds is 8. The normalized spacial score (nSPS) is 24.8. The maximum Gasteiger partial charge on any atom is 0.268 e. The molecule has 2 amide bonds. The van der Waals surface area contributed by atoms with Gasteiger partial charge >= 0.3 is 0 Å². The van der Waals surface area contributed by atoms with Crippen LogP contribution in [-0.4, -0.2) is 45.0 Å². The summed E-state index contributed by atoms with van der Waals surface area (Å²) in [5, 5.41) is 16.5. The van der Waals surface area contributed by atoms with Gasteiger partial charge in [0.15, 0.2) is 0 Å². The number of aromatic nitrogens is 2. The van der Waals surface area contributed by atoms with E-state index in [9.17, 15) is 9.59 Å². The van der Waals surface area contributed by atoms with Gasteiger partial charge in [-0.2, -0.15) is 5.10 Å². The summed E-state index contributed by atoms with van der Waals surface area (Å²) in [4.78, 5) is 31.7. The van der Waals surface area contributed by atoms with Crippen LogP contribution >= 0.6 is 0 Å². The second-order valence-corrected chi connectivity index (χ2v) is 10.5. The molecule has 1 unspecified atom stereocenters.